The van der Waals surface area contributed by atoms with Crippen molar-refractivity contribution in [2.24, 2.45) is 0 Å². The molecule has 2 aromatic rings. The number of hydrogen-bond donors (Lipinski definition) is 0. The fourth-order valence-corrected chi connectivity index (χ4v) is 3.42. The third-order valence-electron chi connectivity index (χ3n) is 3.88. The molecule has 0 amide bonds. The first kappa shape index (κ1) is 13.5. The monoisotopic (exact) mass is 288 g/mol. The van der Waals surface area contributed by atoms with Crippen LogP contribution in [0.4, 0.5) is 5.82 Å². The lowest BCUT2D eigenvalue weighted by Crippen LogP contribution is -2.46. The number of piperidine rings is 1. The predicted molar refractivity (Wildman–Crippen MR) is 83.1 cm³/mol. The van der Waals surface area contributed by atoms with E-state index >= 15 is 0 Å². The standard InChI is InChI=1S/C15H20N4S/c1-18(11-14-9-16-12-20-14)13-5-4-8-19(10-13)15-6-2-3-7-17-15/h2-3,6-7,9,12-13H,4-5,8,10-11H2,1H3/t13-/m1/s1. The summed E-state index contributed by atoms with van der Waals surface area (Å²) in [5.74, 6) is 1.10. The Morgan fingerprint density at radius 3 is 3.15 bits per heavy atom. The van der Waals surface area contributed by atoms with E-state index in [4.69, 9.17) is 0 Å². The van der Waals surface area contributed by atoms with E-state index in [1.807, 2.05) is 24.0 Å². The molecule has 3 rings (SSSR count). The number of rotatable bonds is 4. The number of pyridine rings is 1. The van der Waals surface area contributed by atoms with Gasteiger partial charge in [0.25, 0.3) is 0 Å². The molecule has 0 aromatic carbocycles. The molecule has 1 saturated heterocycles. The Labute approximate surface area is 124 Å². The van der Waals surface area contributed by atoms with Gasteiger partial charge in [0, 0.05) is 42.9 Å². The number of likely N-dealkylation sites (N-methyl/N-ethyl adjacent to an activating group) is 1. The summed E-state index contributed by atoms with van der Waals surface area (Å²) in [6, 6.07) is 6.73. The summed E-state index contributed by atoms with van der Waals surface area (Å²) in [6.45, 7) is 3.17. The van der Waals surface area contributed by atoms with Gasteiger partial charge in [-0.2, -0.15) is 0 Å². The average Bonchev–Trinajstić information content (AvgIpc) is 3.01. The minimum absolute atomic E-state index is 0.591. The van der Waals surface area contributed by atoms with Crippen LogP contribution in [0.25, 0.3) is 0 Å². The maximum atomic E-state index is 4.47. The van der Waals surface area contributed by atoms with E-state index in [-0.39, 0.29) is 0 Å². The Morgan fingerprint density at radius 1 is 1.45 bits per heavy atom. The van der Waals surface area contributed by atoms with Crippen molar-refractivity contribution in [3.63, 3.8) is 0 Å². The molecule has 1 aliphatic rings. The molecule has 2 aromatic heterocycles. The van der Waals surface area contributed by atoms with Gasteiger partial charge < -0.3 is 4.90 Å². The number of nitrogens with zero attached hydrogens (tertiary/aromatic N) is 4. The van der Waals surface area contributed by atoms with E-state index in [0.717, 1.165) is 25.5 Å². The molecule has 1 fully saturated rings. The first-order valence-electron chi connectivity index (χ1n) is 7.06. The second-order valence-corrected chi connectivity index (χ2v) is 6.28. The normalized spacial score (nSPS) is 19.5. The van der Waals surface area contributed by atoms with Crippen LogP contribution in [0.15, 0.2) is 36.1 Å². The minimum atomic E-state index is 0.591. The van der Waals surface area contributed by atoms with E-state index in [2.05, 4.69) is 38.9 Å². The molecule has 0 spiro atoms. The van der Waals surface area contributed by atoms with Crippen molar-refractivity contribution in [2.75, 3.05) is 25.0 Å². The molecular weight excluding hydrogens is 268 g/mol. The van der Waals surface area contributed by atoms with Crippen molar-refractivity contribution in [1.29, 1.82) is 0 Å². The zero-order valence-electron chi connectivity index (χ0n) is 11.8. The zero-order valence-corrected chi connectivity index (χ0v) is 12.6. The van der Waals surface area contributed by atoms with Crippen LogP contribution in [-0.2, 0) is 6.54 Å². The van der Waals surface area contributed by atoms with Crippen molar-refractivity contribution in [3.05, 3.63) is 41.0 Å². The van der Waals surface area contributed by atoms with Crippen molar-refractivity contribution in [3.8, 4) is 0 Å². The number of thiazole rings is 1. The molecule has 1 atom stereocenters. The molecule has 0 N–H and O–H groups in total. The Balaban J connectivity index is 1.63. The van der Waals surface area contributed by atoms with Crippen molar-refractivity contribution in [1.82, 2.24) is 14.9 Å². The van der Waals surface area contributed by atoms with Crippen LogP contribution in [0, 0.1) is 0 Å². The van der Waals surface area contributed by atoms with Crippen LogP contribution in [0.2, 0.25) is 0 Å². The van der Waals surface area contributed by atoms with Crippen LogP contribution >= 0.6 is 11.3 Å². The first-order chi connectivity index (χ1) is 9.83. The quantitative estimate of drug-likeness (QED) is 0.866. The van der Waals surface area contributed by atoms with Gasteiger partial charge in [0.15, 0.2) is 0 Å². The molecule has 0 unspecified atom stereocenters. The summed E-state index contributed by atoms with van der Waals surface area (Å²) in [5, 5.41) is 0. The van der Waals surface area contributed by atoms with E-state index in [0.29, 0.717) is 6.04 Å². The second-order valence-electron chi connectivity index (χ2n) is 5.31. The highest BCUT2D eigenvalue weighted by Gasteiger charge is 2.24. The molecule has 20 heavy (non-hydrogen) atoms. The highest BCUT2D eigenvalue weighted by molar-refractivity contribution is 7.09. The third kappa shape index (κ3) is 3.16. The lowest BCUT2D eigenvalue weighted by atomic mass is 10.0. The lowest BCUT2D eigenvalue weighted by molar-refractivity contribution is 0.209. The van der Waals surface area contributed by atoms with Crippen LogP contribution in [0.1, 0.15) is 17.7 Å². The van der Waals surface area contributed by atoms with E-state index in [1.165, 1.54) is 17.7 Å². The molecule has 4 nitrogen and oxygen atoms in total. The molecular formula is C15H20N4S. The highest BCUT2D eigenvalue weighted by atomic mass is 32.1. The number of aromatic nitrogens is 2. The Hall–Kier alpha value is -1.46. The van der Waals surface area contributed by atoms with Gasteiger partial charge in [0.1, 0.15) is 5.82 Å². The van der Waals surface area contributed by atoms with Gasteiger partial charge in [-0.25, -0.2) is 4.98 Å². The summed E-state index contributed by atoms with van der Waals surface area (Å²) in [4.78, 5) is 14.8. The molecule has 5 heteroatoms. The summed E-state index contributed by atoms with van der Waals surface area (Å²) in [6.07, 6.45) is 6.34. The first-order valence-corrected chi connectivity index (χ1v) is 7.94. The molecule has 3 heterocycles. The van der Waals surface area contributed by atoms with E-state index in [9.17, 15) is 0 Å². The largest absolute Gasteiger partial charge is 0.355 e. The van der Waals surface area contributed by atoms with Gasteiger partial charge in [-0.1, -0.05) is 6.07 Å². The molecule has 0 saturated carbocycles. The van der Waals surface area contributed by atoms with Crippen LogP contribution in [0.5, 0.6) is 0 Å². The topological polar surface area (TPSA) is 32.3 Å². The maximum Gasteiger partial charge on any atom is 0.128 e. The Bertz CT molecular complexity index is 514. The molecule has 0 aliphatic carbocycles. The Morgan fingerprint density at radius 2 is 2.40 bits per heavy atom. The zero-order chi connectivity index (χ0) is 13.8. The fraction of sp³-hybridized carbons (Fsp3) is 0.467. The Kier molecular flexibility index (Phi) is 4.28. The van der Waals surface area contributed by atoms with Gasteiger partial charge in [0.05, 0.1) is 5.51 Å². The summed E-state index contributed by atoms with van der Waals surface area (Å²) in [5.41, 5.74) is 1.91. The van der Waals surface area contributed by atoms with Gasteiger partial charge in [-0.05, 0) is 32.0 Å². The van der Waals surface area contributed by atoms with Crippen LogP contribution in [0.3, 0.4) is 0 Å². The molecule has 1 aliphatic heterocycles. The lowest BCUT2D eigenvalue weighted by Gasteiger charge is -2.38. The molecule has 0 bridgehead atoms. The highest BCUT2D eigenvalue weighted by Crippen LogP contribution is 2.21. The van der Waals surface area contributed by atoms with Crippen LogP contribution < -0.4 is 4.90 Å². The average molecular weight is 288 g/mol. The SMILES string of the molecule is CN(Cc1cncs1)[C@@H]1CCCN(c2ccccn2)C1. The smallest absolute Gasteiger partial charge is 0.128 e. The maximum absolute atomic E-state index is 4.47. The third-order valence-corrected chi connectivity index (χ3v) is 4.65. The van der Waals surface area contributed by atoms with E-state index < -0.39 is 0 Å². The van der Waals surface area contributed by atoms with E-state index in [1.54, 1.807) is 11.3 Å². The number of anilines is 1. The van der Waals surface area contributed by atoms with Gasteiger partial charge in [-0.15, -0.1) is 11.3 Å². The molecule has 0 radical (unpaired) electrons. The van der Waals surface area contributed by atoms with Gasteiger partial charge in [-0.3, -0.25) is 9.88 Å². The second kappa shape index (κ2) is 6.33. The van der Waals surface area contributed by atoms with Gasteiger partial charge >= 0.3 is 0 Å². The minimum Gasteiger partial charge on any atom is -0.355 e. The predicted octanol–water partition coefficient (Wildman–Crippen LogP) is 2.64. The van der Waals surface area contributed by atoms with Crippen molar-refractivity contribution < 1.29 is 0 Å². The van der Waals surface area contributed by atoms with Crippen LogP contribution in [-0.4, -0.2) is 41.0 Å². The summed E-state index contributed by atoms with van der Waals surface area (Å²) < 4.78 is 0. The fourth-order valence-electron chi connectivity index (χ4n) is 2.76. The van der Waals surface area contributed by atoms with Crippen molar-refractivity contribution in [2.45, 2.75) is 25.4 Å². The molecule has 106 valence electrons. The van der Waals surface area contributed by atoms with Gasteiger partial charge in [0.2, 0.25) is 0 Å². The van der Waals surface area contributed by atoms with Crippen molar-refractivity contribution >= 4 is 17.2 Å². The summed E-state index contributed by atoms with van der Waals surface area (Å²) in [7, 11) is 2.21. The number of hydrogen-bond acceptors (Lipinski definition) is 5. The summed E-state index contributed by atoms with van der Waals surface area (Å²) >= 11 is 1.73.